The first-order valence-corrected chi connectivity index (χ1v) is 8.98. The molecular weight excluding hydrogens is 316 g/mol. The average molecular weight is 343 g/mol. The Bertz CT molecular complexity index is 640. The second-order valence-electron chi connectivity index (χ2n) is 5.58. The lowest BCUT2D eigenvalue weighted by Crippen LogP contribution is -2.29. The fourth-order valence-electron chi connectivity index (χ4n) is 2.49. The van der Waals surface area contributed by atoms with Crippen molar-refractivity contribution in [1.82, 2.24) is 5.32 Å². The highest BCUT2D eigenvalue weighted by Crippen LogP contribution is 2.19. The van der Waals surface area contributed by atoms with Crippen LogP contribution in [0.1, 0.15) is 31.4 Å². The molecule has 0 aromatic heterocycles. The molecule has 0 fully saturated rings. The molecule has 0 amide bonds. The van der Waals surface area contributed by atoms with Gasteiger partial charge in [-0.1, -0.05) is 37.3 Å². The molecule has 0 saturated carbocycles. The van der Waals surface area contributed by atoms with Gasteiger partial charge in [-0.05, 0) is 67.7 Å². The second kappa shape index (κ2) is 9.93. The Morgan fingerprint density at radius 2 is 1.79 bits per heavy atom. The molecule has 2 rings (SSSR count). The maximum Gasteiger partial charge on any atom is 0.170 e. The van der Waals surface area contributed by atoms with Gasteiger partial charge in [-0.2, -0.15) is 0 Å². The third kappa shape index (κ3) is 5.85. The number of rotatable bonds is 8. The van der Waals surface area contributed by atoms with E-state index in [1.165, 1.54) is 11.1 Å². The Labute approximate surface area is 150 Å². The molecular formula is C20H26N2OS. The van der Waals surface area contributed by atoms with Crippen LogP contribution in [0.4, 0.5) is 5.69 Å². The number of nitrogens with one attached hydrogen (secondary N) is 2. The summed E-state index contributed by atoms with van der Waals surface area (Å²) in [4.78, 5) is 0. The predicted octanol–water partition coefficient (Wildman–Crippen LogP) is 4.57. The summed E-state index contributed by atoms with van der Waals surface area (Å²) in [6, 6.07) is 16.6. The number of benzene rings is 2. The van der Waals surface area contributed by atoms with Crippen molar-refractivity contribution in [2.45, 2.75) is 33.1 Å². The Kier molecular flexibility index (Phi) is 7.56. The highest BCUT2D eigenvalue weighted by atomic mass is 32.1. The number of para-hydroxylation sites is 1. The molecule has 0 aliphatic carbocycles. The maximum absolute atomic E-state index is 5.65. The number of hydrogen-bond donors (Lipinski definition) is 2. The van der Waals surface area contributed by atoms with Crippen LogP contribution in [0.2, 0.25) is 0 Å². The first-order valence-electron chi connectivity index (χ1n) is 8.57. The quantitative estimate of drug-likeness (QED) is 0.544. The van der Waals surface area contributed by atoms with Gasteiger partial charge in [-0.25, -0.2) is 0 Å². The summed E-state index contributed by atoms with van der Waals surface area (Å²) in [6.45, 7) is 5.69. The molecule has 0 spiro atoms. The van der Waals surface area contributed by atoms with E-state index >= 15 is 0 Å². The normalized spacial score (nSPS) is 10.2. The summed E-state index contributed by atoms with van der Waals surface area (Å²) in [5.74, 6) is 0.983. The van der Waals surface area contributed by atoms with Crippen LogP contribution in [0.25, 0.3) is 0 Å². The summed E-state index contributed by atoms with van der Waals surface area (Å²) in [6.07, 6.45) is 3.02. The first-order chi connectivity index (χ1) is 11.7. The van der Waals surface area contributed by atoms with E-state index in [0.29, 0.717) is 11.7 Å². The van der Waals surface area contributed by atoms with Gasteiger partial charge in [-0.15, -0.1) is 0 Å². The lowest BCUT2D eigenvalue weighted by atomic mass is 10.1. The monoisotopic (exact) mass is 342 g/mol. The Balaban J connectivity index is 1.72. The third-order valence-electron chi connectivity index (χ3n) is 3.80. The average Bonchev–Trinajstić information content (AvgIpc) is 2.61. The van der Waals surface area contributed by atoms with Crippen molar-refractivity contribution in [3.05, 3.63) is 59.7 Å². The highest BCUT2D eigenvalue weighted by molar-refractivity contribution is 7.80. The molecule has 2 aromatic carbocycles. The van der Waals surface area contributed by atoms with E-state index in [2.05, 4.69) is 54.0 Å². The highest BCUT2D eigenvalue weighted by Gasteiger charge is 2.03. The van der Waals surface area contributed by atoms with Crippen LogP contribution in [-0.2, 0) is 12.8 Å². The number of aryl methyl sites for hydroxylation is 2. The molecule has 24 heavy (non-hydrogen) atoms. The zero-order chi connectivity index (χ0) is 17.2. The van der Waals surface area contributed by atoms with E-state index < -0.39 is 0 Å². The molecule has 0 aliphatic heterocycles. The third-order valence-corrected chi connectivity index (χ3v) is 4.05. The Morgan fingerprint density at radius 3 is 2.50 bits per heavy atom. The second-order valence-corrected chi connectivity index (χ2v) is 5.98. The maximum atomic E-state index is 5.65. The van der Waals surface area contributed by atoms with Crippen LogP contribution in [0.3, 0.4) is 0 Å². The number of hydrogen-bond acceptors (Lipinski definition) is 2. The van der Waals surface area contributed by atoms with Crippen LogP contribution in [0.15, 0.2) is 48.5 Å². The van der Waals surface area contributed by atoms with E-state index in [9.17, 15) is 0 Å². The summed E-state index contributed by atoms with van der Waals surface area (Å²) < 4.78 is 5.65. The summed E-state index contributed by atoms with van der Waals surface area (Å²) >= 11 is 5.35. The van der Waals surface area contributed by atoms with Crippen molar-refractivity contribution in [3.63, 3.8) is 0 Å². The molecule has 0 bridgehead atoms. The zero-order valence-electron chi connectivity index (χ0n) is 14.5. The van der Waals surface area contributed by atoms with Gasteiger partial charge < -0.3 is 15.4 Å². The number of ether oxygens (including phenoxy) is 1. The Morgan fingerprint density at radius 1 is 1.04 bits per heavy atom. The van der Waals surface area contributed by atoms with Crippen LogP contribution < -0.4 is 15.4 Å². The van der Waals surface area contributed by atoms with Crippen molar-refractivity contribution >= 4 is 23.0 Å². The minimum atomic E-state index is 0.664. The van der Waals surface area contributed by atoms with Gasteiger partial charge in [0.2, 0.25) is 0 Å². The lowest BCUT2D eigenvalue weighted by molar-refractivity contribution is 0.336. The van der Waals surface area contributed by atoms with Crippen molar-refractivity contribution in [3.8, 4) is 5.75 Å². The molecule has 0 radical (unpaired) electrons. The minimum absolute atomic E-state index is 0.664. The van der Waals surface area contributed by atoms with Gasteiger partial charge in [0.1, 0.15) is 5.75 Å². The van der Waals surface area contributed by atoms with Crippen LogP contribution in [-0.4, -0.2) is 18.3 Å². The minimum Gasteiger partial charge on any atom is -0.494 e. The molecule has 0 aliphatic rings. The predicted molar refractivity (Wildman–Crippen MR) is 106 cm³/mol. The van der Waals surface area contributed by atoms with Gasteiger partial charge in [0, 0.05) is 12.2 Å². The summed E-state index contributed by atoms with van der Waals surface area (Å²) in [5, 5.41) is 7.14. The molecule has 2 N–H and O–H groups in total. The molecule has 128 valence electrons. The standard InChI is InChI=1S/C20H26N2OS/c1-3-16-11-13-18(14-12-16)22-20(24)21-15-7-9-17-8-5-6-10-19(17)23-4-2/h5-6,8,10-14H,3-4,7,9,15H2,1-2H3,(H2,21,22,24). The fraction of sp³-hybridized carbons (Fsp3) is 0.350. The molecule has 0 saturated heterocycles. The number of anilines is 1. The van der Waals surface area contributed by atoms with Crippen LogP contribution in [0, 0.1) is 0 Å². The van der Waals surface area contributed by atoms with Crippen LogP contribution in [0.5, 0.6) is 5.75 Å². The van der Waals surface area contributed by atoms with E-state index in [4.69, 9.17) is 17.0 Å². The SMILES string of the molecule is CCOc1ccccc1CCCNC(=S)Nc1ccc(CC)cc1. The van der Waals surface area contributed by atoms with Gasteiger partial charge in [-0.3, -0.25) is 0 Å². The van der Waals surface area contributed by atoms with Crippen molar-refractivity contribution in [2.24, 2.45) is 0 Å². The fourth-order valence-corrected chi connectivity index (χ4v) is 2.71. The summed E-state index contributed by atoms with van der Waals surface area (Å²) in [7, 11) is 0. The van der Waals surface area contributed by atoms with Crippen LogP contribution >= 0.6 is 12.2 Å². The smallest absolute Gasteiger partial charge is 0.170 e. The van der Waals surface area contributed by atoms with Gasteiger partial charge >= 0.3 is 0 Å². The molecule has 0 unspecified atom stereocenters. The lowest BCUT2D eigenvalue weighted by Gasteiger charge is -2.12. The van der Waals surface area contributed by atoms with Gasteiger partial charge in [0.15, 0.2) is 5.11 Å². The van der Waals surface area contributed by atoms with E-state index in [0.717, 1.165) is 37.2 Å². The molecule has 3 nitrogen and oxygen atoms in total. The first kappa shape index (κ1) is 18.3. The van der Waals surface area contributed by atoms with E-state index in [1.807, 2.05) is 19.1 Å². The van der Waals surface area contributed by atoms with Gasteiger partial charge in [0.05, 0.1) is 6.61 Å². The molecule has 4 heteroatoms. The van der Waals surface area contributed by atoms with E-state index in [-0.39, 0.29) is 0 Å². The van der Waals surface area contributed by atoms with Crippen molar-refractivity contribution < 1.29 is 4.74 Å². The zero-order valence-corrected chi connectivity index (χ0v) is 15.3. The molecule has 0 heterocycles. The molecule has 0 atom stereocenters. The topological polar surface area (TPSA) is 33.3 Å². The van der Waals surface area contributed by atoms with Crippen molar-refractivity contribution in [2.75, 3.05) is 18.5 Å². The van der Waals surface area contributed by atoms with E-state index in [1.54, 1.807) is 0 Å². The molecule has 2 aromatic rings. The van der Waals surface area contributed by atoms with Crippen molar-refractivity contribution in [1.29, 1.82) is 0 Å². The largest absolute Gasteiger partial charge is 0.494 e. The number of thiocarbonyl (C=S) groups is 1. The van der Waals surface area contributed by atoms with Gasteiger partial charge in [0.25, 0.3) is 0 Å². The Hall–Kier alpha value is -2.07. The summed E-state index contributed by atoms with van der Waals surface area (Å²) in [5.41, 5.74) is 3.59.